The van der Waals surface area contributed by atoms with Gasteiger partial charge in [0.1, 0.15) is 18.7 Å². The van der Waals surface area contributed by atoms with Gasteiger partial charge in [-0.25, -0.2) is 10.5 Å². The van der Waals surface area contributed by atoms with Gasteiger partial charge in [0.25, 0.3) is 11.8 Å². The Kier molecular flexibility index (Phi) is 9.15. The van der Waals surface area contributed by atoms with Crippen LogP contribution in [0.15, 0.2) is 67.3 Å². The Morgan fingerprint density at radius 2 is 1.86 bits per heavy atom. The van der Waals surface area contributed by atoms with Crippen LogP contribution >= 0.6 is 0 Å². The lowest BCUT2D eigenvalue weighted by atomic mass is 10.1. The van der Waals surface area contributed by atoms with Crippen LogP contribution in [0.3, 0.4) is 0 Å². The molecule has 4 rings (SSSR count). The number of hydrogen-bond acceptors (Lipinski definition) is 7. The molecule has 0 unspecified atom stereocenters. The average molecular weight is 501 g/mol. The molecule has 1 aliphatic rings. The van der Waals surface area contributed by atoms with Gasteiger partial charge in [-0.05, 0) is 47.5 Å². The number of carbonyl (C=O) groups is 2. The Labute approximate surface area is 214 Å². The van der Waals surface area contributed by atoms with Crippen LogP contribution in [-0.4, -0.2) is 69.0 Å². The molecule has 0 bridgehead atoms. The molecule has 1 atom stereocenters. The number of allylic oxidation sites excluding steroid dienone is 1. The van der Waals surface area contributed by atoms with Crippen LogP contribution in [-0.2, 0) is 22.6 Å². The Morgan fingerprint density at radius 3 is 2.54 bits per heavy atom. The standard InChI is InChI=1S/C27H28N6O4/c34-26(30-25(27(35)31-36)18-33-20-28-19-29-33)24-11-9-22(10-12-24)4-2-1-3-21-5-7-23(8-6-21)17-32-13-15-37-16-14-32/h2,4-12,19-20,25,36H,13-18H2,(H,30,34)(H,31,35)/b4-2+/t25-/m0/s1. The van der Waals surface area contributed by atoms with Crippen molar-refractivity contribution in [2.24, 2.45) is 0 Å². The number of aromatic nitrogens is 3. The quantitative estimate of drug-likeness (QED) is 0.243. The molecule has 1 fully saturated rings. The predicted octanol–water partition coefficient (Wildman–Crippen LogP) is 1.48. The fraction of sp³-hybridized carbons (Fsp3) is 0.259. The number of rotatable bonds is 8. The average Bonchev–Trinajstić information content (AvgIpc) is 3.45. The lowest BCUT2D eigenvalue weighted by molar-refractivity contribution is -0.131. The second-order valence-corrected chi connectivity index (χ2v) is 8.43. The monoisotopic (exact) mass is 500 g/mol. The van der Waals surface area contributed by atoms with Crippen molar-refractivity contribution in [3.05, 3.63) is 89.5 Å². The number of amides is 2. The van der Waals surface area contributed by atoms with Crippen LogP contribution in [0, 0.1) is 11.8 Å². The van der Waals surface area contributed by atoms with Crippen molar-refractivity contribution in [3.63, 3.8) is 0 Å². The number of nitrogens with one attached hydrogen (secondary N) is 2. The molecule has 1 aliphatic heterocycles. The summed E-state index contributed by atoms with van der Waals surface area (Å²) < 4.78 is 6.78. The van der Waals surface area contributed by atoms with Crippen LogP contribution in [0.5, 0.6) is 0 Å². The smallest absolute Gasteiger partial charge is 0.267 e. The lowest BCUT2D eigenvalue weighted by Crippen LogP contribution is -2.48. The van der Waals surface area contributed by atoms with Gasteiger partial charge in [0.05, 0.1) is 19.8 Å². The Balaban J connectivity index is 1.29. The zero-order valence-corrected chi connectivity index (χ0v) is 20.2. The molecule has 0 saturated carbocycles. The molecule has 3 aromatic rings. The summed E-state index contributed by atoms with van der Waals surface area (Å²) in [6, 6.07) is 14.1. The molecule has 1 saturated heterocycles. The molecule has 2 amide bonds. The van der Waals surface area contributed by atoms with Crippen molar-refractivity contribution >= 4 is 17.9 Å². The fourth-order valence-electron chi connectivity index (χ4n) is 3.75. The molecule has 0 radical (unpaired) electrons. The lowest BCUT2D eigenvalue weighted by Gasteiger charge is -2.26. The van der Waals surface area contributed by atoms with E-state index in [9.17, 15) is 9.59 Å². The van der Waals surface area contributed by atoms with Gasteiger partial charge in [-0.3, -0.25) is 24.4 Å². The highest BCUT2D eigenvalue weighted by molar-refractivity contribution is 5.97. The molecule has 10 heteroatoms. The summed E-state index contributed by atoms with van der Waals surface area (Å²) in [7, 11) is 0. The first-order chi connectivity index (χ1) is 18.1. The van der Waals surface area contributed by atoms with Gasteiger partial charge in [0, 0.05) is 30.8 Å². The largest absolute Gasteiger partial charge is 0.379 e. The third-order valence-corrected chi connectivity index (χ3v) is 5.78. The number of carbonyl (C=O) groups excluding carboxylic acids is 2. The van der Waals surface area contributed by atoms with Crippen molar-refractivity contribution < 1.29 is 19.5 Å². The van der Waals surface area contributed by atoms with Crippen molar-refractivity contribution in [1.29, 1.82) is 0 Å². The predicted molar refractivity (Wildman–Crippen MR) is 136 cm³/mol. The number of ether oxygens (including phenoxy) is 1. The minimum Gasteiger partial charge on any atom is -0.379 e. The molecular formula is C27H28N6O4. The summed E-state index contributed by atoms with van der Waals surface area (Å²) in [5, 5.41) is 15.5. The number of nitrogens with zero attached hydrogens (tertiary/aromatic N) is 4. The number of benzene rings is 2. The van der Waals surface area contributed by atoms with Gasteiger partial charge in [-0.2, -0.15) is 5.10 Å². The van der Waals surface area contributed by atoms with E-state index in [2.05, 4.69) is 44.3 Å². The van der Waals surface area contributed by atoms with Gasteiger partial charge < -0.3 is 10.1 Å². The van der Waals surface area contributed by atoms with Crippen LogP contribution in [0.25, 0.3) is 6.08 Å². The van der Waals surface area contributed by atoms with E-state index in [0.29, 0.717) is 5.56 Å². The van der Waals surface area contributed by atoms with Gasteiger partial charge in [-0.1, -0.05) is 36.1 Å². The third-order valence-electron chi connectivity index (χ3n) is 5.78. The highest BCUT2D eigenvalue weighted by atomic mass is 16.5. The molecule has 2 heterocycles. The summed E-state index contributed by atoms with van der Waals surface area (Å²) in [4.78, 5) is 30.7. The van der Waals surface area contributed by atoms with Crippen molar-refractivity contribution in [3.8, 4) is 11.8 Å². The first-order valence-corrected chi connectivity index (χ1v) is 11.8. The summed E-state index contributed by atoms with van der Waals surface area (Å²) in [5.74, 6) is 4.95. The molecule has 2 aromatic carbocycles. The van der Waals surface area contributed by atoms with Crippen LogP contribution in [0.2, 0.25) is 0 Å². The van der Waals surface area contributed by atoms with Crippen LogP contribution in [0.1, 0.15) is 27.0 Å². The number of hydrogen-bond donors (Lipinski definition) is 3. The Morgan fingerprint density at radius 1 is 1.11 bits per heavy atom. The molecule has 10 nitrogen and oxygen atoms in total. The summed E-state index contributed by atoms with van der Waals surface area (Å²) in [6.45, 7) is 4.45. The van der Waals surface area contributed by atoms with Crippen molar-refractivity contribution in [2.75, 3.05) is 26.3 Å². The molecule has 0 spiro atoms. The Bertz CT molecular complexity index is 1250. The van der Waals surface area contributed by atoms with Crippen LogP contribution < -0.4 is 10.8 Å². The van der Waals surface area contributed by atoms with E-state index in [1.807, 2.05) is 18.2 Å². The Hall–Kier alpha value is -4.30. The van der Waals surface area contributed by atoms with E-state index in [1.54, 1.807) is 35.8 Å². The molecular weight excluding hydrogens is 472 g/mol. The van der Waals surface area contributed by atoms with Crippen molar-refractivity contribution in [1.82, 2.24) is 30.5 Å². The van der Waals surface area contributed by atoms with E-state index in [0.717, 1.165) is 44.0 Å². The summed E-state index contributed by atoms with van der Waals surface area (Å²) in [6.07, 6.45) is 6.34. The minimum absolute atomic E-state index is 0.0220. The van der Waals surface area contributed by atoms with E-state index < -0.39 is 17.9 Å². The van der Waals surface area contributed by atoms with E-state index in [4.69, 9.17) is 9.94 Å². The first-order valence-electron chi connectivity index (χ1n) is 11.8. The molecule has 37 heavy (non-hydrogen) atoms. The SMILES string of the molecule is O=C(N[C@@H](Cn1cncn1)C(=O)NO)c1ccc(/C=C/C#Cc2ccc(CN3CCOCC3)cc2)cc1. The first kappa shape index (κ1) is 25.8. The summed E-state index contributed by atoms with van der Waals surface area (Å²) >= 11 is 0. The normalized spacial score (nSPS) is 14.5. The molecule has 3 N–H and O–H groups in total. The van der Waals surface area contributed by atoms with E-state index in [1.165, 1.54) is 22.9 Å². The zero-order valence-electron chi connectivity index (χ0n) is 20.2. The second kappa shape index (κ2) is 13.1. The van der Waals surface area contributed by atoms with Crippen LogP contribution in [0.4, 0.5) is 0 Å². The molecule has 190 valence electrons. The second-order valence-electron chi connectivity index (χ2n) is 8.43. The van der Waals surface area contributed by atoms with Crippen molar-refractivity contribution in [2.45, 2.75) is 19.1 Å². The van der Waals surface area contributed by atoms with Gasteiger partial charge >= 0.3 is 0 Å². The maximum Gasteiger partial charge on any atom is 0.267 e. The maximum atomic E-state index is 12.6. The van der Waals surface area contributed by atoms with E-state index in [-0.39, 0.29) is 6.54 Å². The van der Waals surface area contributed by atoms with Gasteiger partial charge in [0.2, 0.25) is 0 Å². The number of hydroxylamine groups is 1. The fourth-order valence-corrected chi connectivity index (χ4v) is 3.75. The van der Waals surface area contributed by atoms with Gasteiger partial charge in [0.15, 0.2) is 0 Å². The van der Waals surface area contributed by atoms with Gasteiger partial charge in [-0.15, -0.1) is 0 Å². The molecule has 1 aromatic heterocycles. The maximum absolute atomic E-state index is 12.6. The highest BCUT2D eigenvalue weighted by Crippen LogP contribution is 2.09. The molecule has 0 aliphatic carbocycles. The topological polar surface area (TPSA) is 122 Å². The highest BCUT2D eigenvalue weighted by Gasteiger charge is 2.22. The summed E-state index contributed by atoms with van der Waals surface area (Å²) in [5.41, 5.74) is 5.00. The third kappa shape index (κ3) is 7.85. The number of morpholine rings is 1. The zero-order chi connectivity index (χ0) is 25.9. The minimum atomic E-state index is -1.03. The van der Waals surface area contributed by atoms with E-state index >= 15 is 0 Å².